The number of carbonyl (C=O) groups excluding carboxylic acids is 1. The summed E-state index contributed by atoms with van der Waals surface area (Å²) in [4.78, 5) is 21.0. The highest BCUT2D eigenvalue weighted by Gasteiger charge is 2.02. The van der Waals surface area contributed by atoms with E-state index in [2.05, 4.69) is 5.32 Å². The molecule has 13 heavy (non-hydrogen) atoms. The molecule has 76 valence electrons. The fourth-order valence-electron chi connectivity index (χ4n) is 0.819. The van der Waals surface area contributed by atoms with E-state index in [0.29, 0.717) is 12.3 Å². The zero-order valence-corrected chi connectivity index (χ0v) is 8.14. The molecular weight excluding hydrogens is 194 g/mol. The lowest BCUT2D eigenvalue weighted by Crippen LogP contribution is -2.28. The number of carboxylic acids is 1. The molecule has 0 aromatic rings. The van der Waals surface area contributed by atoms with E-state index < -0.39 is 5.97 Å². The largest absolute Gasteiger partial charge is 0.480 e. The van der Waals surface area contributed by atoms with Gasteiger partial charge in [0.25, 0.3) is 0 Å². The van der Waals surface area contributed by atoms with Crippen LogP contribution in [0.15, 0.2) is 0 Å². The summed E-state index contributed by atoms with van der Waals surface area (Å²) >= 11 is 5.44. The lowest BCUT2D eigenvalue weighted by Gasteiger charge is -2.00. The lowest BCUT2D eigenvalue weighted by atomic mass is 10.2. The molecule has 0 saturated carbocycles. The quantitative estimate of drug-likeness (QED) is 0.483. The Bertz CT molecular complexity index is 173. The number of halogens is 1. The molecule has 0 aliphatic rings. The van der Waals surface area contributed by atoms with Crippen molar-refractivity contribution >= 4 is 23.5 Å². The van der Waals surface area contributed by atoms with Crippen LogP contribution >= 0.6 is 11.6 Å². The molecule has 0 spiro atoms. The van der Waals surface area contributed by atoms with Crippen molar-refractivity contribution in [3.8, 4) is 0 Å². The summed E-state index contributed by atoms with van der Waals surface area (Å²) in [7, 11) is 0. The highest BCUT2D eigenvalue weighted by Crippen LogP contribution is 2.00. The molecule has 0 bridgehead atoms. The van der Waals surface area contributed by atoms with Gasteiger partial charge in [-0.15, -0.1) is 11.6 Å². The zero-order valence-electron chi connectivity index (χ0n) is 7.38. The molecular formula is C8H14ClNO3. The molecule has 0 aromatic heterocycles. The maximum atomic E-state index is 10.9. The maximum Gasteiger partial charge on any atom is 0.322 e. The van der Waals surface area contributed by atoms with Crippen LogP contribution in [0.2, 0.25) is 0 Å². The first-order chi connectivity index (χ1) is 6.16. The van der Waals surface area contributed by atoms with Crippen LogP contribution < -0.4 is 5.32 Å². The van der Waals surface area contributed by atoms with Gasteiger partial charge in [0.05, 0.1) is 0 Å². The standard InChI is InChI=1S/C8H14ClNO3/c9-5-3-1-2-4-7(11)10-6-8(12)13/h1-6H2,(H,10,11)(H,12,13). The Balaban J connectivity index is 3.25. The number of carbonyl (C=O) groups is 2. The van der Waals surface area contributed by atoms with Gasteiger partial charge in [0.1, 0.15) is 6.54 Å². The van der Waals surface area contributed by atoms with Gasteiger partial charge in [0.2, 0.25) is 5.91 Å². The third-order valence-electron chi connectivity index (χ3n) is 1.47. The van der Waals surface area contributed by atoms with Gasteiger partial charge in [0.15, 0.2) is 0 Å². The second-order valence-electron chi connectivity index (χ2n) is 2.67. The third kappa shape index (κ3) is 9.14. The van der Waals surface area contributed by atoms with Crippen molar-refractivity contribution in [2.24, 2.45) is 0 Å². The van der Waals surface area contributed by atoms with E-state index in [4.69, 9.17) is 16.7 Å². The van der Waals surface area contributed by atoms with E-state index in [0.717, 1.165) is 19.3 Å². The molecule has 1 amide bonds. The molecule has 0 rings (SSSR count). The second kappa shape index (κ2) is 7.86. The number of rotatable bonds is 7. The van der Waals surface area contributed by atoms with Gasteiger partial charge in [-0.2, -0.15) is 0 Å². The van der Waals surface area contributed by atoms with Gasteiger partial charge in [0, 0.05) is 12.3 Å². The van der Waals surface area contributed by atoms with Crippen molar-refractivity contribution in [1.29, 1.82) is 0 Å². The number of nitrogens with one attached hydrogen (secondary N) is 1. The second-order valence-corrected chi connectivity index (χ2v) is 3.05. The van der Waals surface area contributed by atoms with Crippen LogP contribution in [0.4, 0.5) is 0 Å². The monoisotopic (exact) mass is 207 g/mol. The van der Waals surface area contributed by atoms with E-state index in [-0.39, 0.29) is 12.5 Å². The minimum atomic E-state index is -1.02. The van der Waals surface area contributed by atoms with Crippen LogP contribution in [0.3, 0.4) is 0 Å². The van der Waals surface area contributed by atoms with Crippen molar-refractivity contribution in [1.82, 2.24) is 5.32 Å². The fourth-order valence-corrected chi connectivity index (χ4v) is 1.01. The SMILES string of the molecule is O=C(O)CNC(=O)CCCCCCl. The maximum absolute atomic E-state index is 10.9. The number of alkyl halides is 1. The summed E-state index contributed by atoms with van der Waals surface area (Å²) in [6.07, 6.45) is 2.94. The average Bonchev–Trinajstić information content (AvgIpc) is 2.09. The molecule has 0 aromatic carbocycles. The smallest absolute Gasteiger partial charge is 0.322 e. The number of aliphatic carboxylic acids is 1. The summed E-state index contributed by atoms with van der Waals surface area (Å²) in [6.45, 7) is -0.297. The van der Waals surface area contributed by atoms with E-state index in [1.165, 1.54) is 0 Å². The molecule has 0 saturated heterocycles. The van der Waals surface area contributed by atoms with Gasteiger partial charge in [-0.1, -0.05) is 6.42 Å². The highest BCUT2D eigenvalue weighted by atomic mass is 35.5. The summed E-state index contributed by atoms with van der Waals surface area (Å²) < 4.78 is 0. The molecule has 0 atom stereocenters. The van der Waals surface area contributed by atoms with E-state index in [1.807, 2.05) is 0 Å². The number of unbranched alkanes of at least 4 members (excludes halogenated alkanes) is 2. The van der Waals surface area contributed by atoms with Crippen LogP contribution in [0.25, 0.3) is 0 Å². The van der Waals surface area contributed by atoms with Gasteiger partial charge in [-0.25, -0.2) is 0 Å². The summed E-state index contributed by atoms with van der Waals surface area (Å²) in [6, 6.07) is 0. The predicted molar refractivity (Wildman–Crippen MR) is 49.8 cm³/mol. The van der Waals surface area contributed by atoms with Gasteiger partial charge in [-0.05, 0) is 12.8 Å². The first kappa shape index (κ1) is 12.2. The van der Waals surface area contributed by atoms with Crippen molar-refractivity contribution in [2.75, 3.05) is 12.4 Å². The first-order valence-electron chi connectivity index (χ1n) is 4.21. The Kier molecular flexibility index (Phi) is 7.39. The van der Waals surface area contributed by atoms with E-state index in [1.54, 1.807) is 0 Å². The molecule has 0 unspecified atom stereocenters. The lowest BCUT2D eigenvalue weighted by molar-refractivity contribution is -0.137. The topological polar surface area (TPSA) is 66.4 Å². The Morgan fingerprint density at radius 2 is 1.92 bits per heavy atom. The Labute approximate surface area is 82.3 Å². The predicted octanol–water partition coefficient (Wildman–Crippen LogP) is 0.986. The van der Waals surface area contributed by atoms with Crippen molar-refractivity contribution in [3.05, 3.63) is 0 Å². The molecule has 0 fully saturated rings. The third-order valence-corrected chi connectivity index (χ3v) is 1.74. The molecule has 0 aliphatic carbocycles. The van der Waals surface area contributed by atoms with E-state index in [9.17, 15) is 9.59 Å². The van der Waals surface area contributed by atoms with Crippen LogP contribution in [-0.4, -0.2) is 29.4 Å². The van der Waals surface area contributed by atoms with Crippen LogP contribution in [-0.2, 0) is 9.59 Å². The molecule has 0 radical (unpaired) electrons. The van der Waals surface area contributed by atoms with Crippen molar-refractivity contribution < 1.29 is 14.7 Å². The van der Waals surface area contributed by atoms with Gasteiger partial charge in [-0.3, -0.25) is 9.59 Å². The van der Waals surface area contributed by atoms with Gasteiger partial charge >= 0.3 is 5.97 Å². The molecule has 4 nitrogen and oxygen atoms in total. The molecule has 2 N–H and O–H groups in total. The number of hydrogen-bond donors (Lipinski definition) is 2. The Morgan fingerprint density at radius 3 is 2.46 bits per heavy atom. The molecule has 5 heteroatoms. The molecule has 0 aliphatic heterocycles. The normalized spacial score (nSPS) is 9.62. The molecule has 0 heterocycles. The fraction of sp³-hybridized carbons (Fsp3) is 0.750. The summed E-state index contributed by atoms with van der Waals surface area (Å²) in [5.74, 6) is -0.623. The number of hydrogen-bond acceptors (Lipinski definition) is 2. The van der Waals surface area contributed by atoms with Crippen molar-refractivity contribution in [2.45, 2.75) is 25.7 Å². The van der Waals surface area contributed by atoms with Crippen LogP contribution in [0.5, 0.6) is 0 Å². The first-order valence-corrected chi connectivity index (χ1v) is 4.74. The highest BCUT2D eigenvalue weighted by molar-refractivity contribution is 6.17. The summed E-state index contributed by atoms with van der Waals surface area (Å²) in [5.41, 5.74) is 0. The van der Waals surface area contributed by atoms with Crippen LogP contribution in [0, 0.1) is 0 Å². The van der Waals surface area contributed by atoms with Crippen LogP contribution in [0.1, 0.15) is 25.7 Å². The average molecular weight is 208 g/mol. The zero-order chi connectivity index (χ0) is 10.1. The minimum absolute atomic E-state index is 0.211. The minimum Gasteiger partial charge on any atom is -0.480 e. The number of carboxylic acid groups (broad SMARTS) is 1. The van der Waals surface area contributed by atoms with Crippen molar-refractivity contribution in [3.63, 3.8) is 0 Å². The Morgan fingerprint density at radius 1 is 1.23 bits per heavy atom. The van der Waals surface area contributed by atoms with E-state index >= 15 is 0 Å². The Hall–Kier alpha value is -0.770. The summed E-state index contributed by atoms with van der Waals surface area (Å²) in [5, 5.41) is 10.5. The van der Waals surface area contributed by atoms with Gasteiger partial charge < -0.3 is 10.4 Å². The number of amides is 1.